The molecule has 0 saturated carbocycles. The molecule has 84 valence electrons. The topological polar surface area (TPSA) is 78.8 Å². The second-order valence-electron chi connectivity index (χ2n) is 2.81. The van der Waals surface area contributed by atoms with Crippen LogP contribution in [0.1, 0.15) is 11.7 Å². The molecule has 0 bridgehead atoms. The number of carbonyl (C=O) groups excluding carboxylic acids is 1. The lowest BCUT2D eigenvalue weighted by atomic mass is 10.2. The lowest BCUT2D eigenvalue weighted by molar-refractivity contribution is 0.111. The molecule has 1 amide bonds. The van der Waals surface area contributed by atoms with E-state index >= 15 is 0 Å². The Balaban J connectivity index is 2.22. The third kappa shape index (κ3) is 4.28. The fourth-order valence-corrected chi connectivity index (χ4v) is 1.66. The Hall–Kier alpha value is -1.11. The molecule has 0 aromatic carbocycles. The molecule has 15 heavy (non-hydrogen) atoms. The molecule has 0 aliphatic rings. The number of aliphatic hydroxyl groups excluding tert-OH is 2. The number of alkyl carbamates (subject to hydrolysis) is 1. The largest absolute Gasteiger partial charge is 0.447 e. The number of amides is 1. The number of thiophene rings is 1. The van der Waals surface area contributed by atoms with E-state index < -0.39 is 12.2 Å². The van der Waals surface area contributed by atoms with E-state index in [-0.39, 0.29) is 19.8 Å². The second kappa shape index (κ2) is 6.39. The Kier molecular flexibility index (Phi) is 5.09. The van der Waals surface area contributed by atoms with E-state index in [0.29, 0.717) is 0 Å². The minimum atomic E-state index is -0.724. The number of carbonyl (C=O) groups is 1. The predicted molar refractivity (Wildman–Crippen MR) is 55.7 cm³/mol. The van der Waals surface area contributed by atoms with Gasteiger partial charge in [-0.3, -0.25) is 0 Å². The van der Waals surface area contributed by atoms with Crippen LogP contribution in [0.15, 0.2) is 16.8 Å². The van der Waals surface area contributed by atoms with Crippen molar-refractivity contribution in [1.82, 2.24) is 5.32 Å². The van der Waals surface area contributed by atoms with Gasteiger partial charge in [0.15, 0.2) is 0 Å². The van der Waals surface area contributed by atoms with Crippen LogP contribution < -0.4 is 5.32 Å². The van der Waals surface area contributed by atoms with Crippen LogP contribution in [0.2, 0.25) is 0 Å². The van der Waals surface area contributed by atoms with Crippen molar-refractivity contribution in [2.45, 2.75) is 6.10 Å². The van der Waals surface area contributed by atoms with Gasteiger partial charge in [0.1, 0.15) is 6.61 Å². The molecule has 1 rings (SSSR count). The Morgan fingerprint density at radius 3 is 3.07 bits per heavy atom. The molecule has 0 aliphatic heterocycles. The molecular weight excluding hydrogens is 218 g/mol. The van der Waals surface area contributed by atoms with E-state index in [1.54, 1.807) is 6.07 Å². The summed E-state index contributed by atoms with van der Waals surface area (Å²) in [5, 5.41) is 24.0. The minimum absolute atomic E-state index is 0.0413. The molecule has 1 heterocycles. The molecule has 6 heteroatoms. The van der Waals surface area contributed by atoms with Gasteiger partial charge in [-0.25, -0.2) is 4.79 Å². The zero-order valence-corrected chi connectivity index (χ0v) is 8.87. The standard InChI is InChI=1S/C9H13NO4S/c11-2-3-14-9(13)10-5-8(12)7-1-4-15-6-7/h1,4,6,8,11-12H,2-3,5H2,(H,10,13). The van der Waals surface area contributed by atoms with Crippen LogP contribution in [0.25, 0.3) is 0 Å². The van der Waals surface area contributed by atoms with E-state index in [1.165, 1.54) is 11.3 Å². The number of hydrogen-bond acceptors (Lipinski definition) is 5. The van der Waals surface area contributed by atoms with Crippen LogP contribution >= 0.6 is 11.3 Å². The first-order valence-electron chi connectivity index (χ1n) is 4.45. The van der Waals surface area contributed by atoms with Gasteiger partial charge in [0.25, 0.3) is 0 Å². The average Bonchev–Trinajstić information content (AvgIpc) is 2.76. The van der Waals surface area contributed by atoms with Crippen molar-refractivity contribution in [2.24, 2.45) is 0 Å². The van der Waals surface area contributed by atoms with Crippen LogP contribution in [-0.4, -0.2) is 36.1 Å². The molecule has 0 spiro atoms. The lowest BCUT2D eigenvalue weighted by Crippen LogP contribution is -2.29. The summed E-state index contributed by atoms with van der Waals surface area (Å²) >= 11 is 1.48. The van der Waals surface area contributed by atoms with Gasteiger partial charge in [-0.2, -0.15) is 11.3 Å². The van der Waals surface area contributed by atoms with Gasteiger partial charge in [-0.05, 0) is 22.4 Å². The molecule has 5 nitrogen and oxygen atoms in total. The van der Waals surface area contributed by atoms with Crippen molar-refractivity contribution in [3.05, 3.63) is 22.4 Å². The first-order chi connectivity index (χ1) is 7.24. The third-order valence-corrected chi connectivity index (χ3v) is 2.39. The summed E-state index contributed by atoms with van der Waals surface area (Å²) in [5.41, 5.74) is 0.766. The van der Waals surface area contributed by atoms with Gasteiger partial charge in [0.2, 0.25) is 0 Å². The highest BCUT2D eigenvalue weighted by atomic mass is 32.1. The van der Waals surface area contributed by atoms with Crippen LogP contribution in [0, 0.1) is 0 Å². The second-order valence-corrected chi connectivity index (χ2v) is 3.59. The number of rotatable bonds is 5. The molecule has 0 fully saturated rings. The van der Waals surface area contributed by atoms with Gasteiger partial charge in [-0.1, -0.05) is 0 Å². The maximum absolute atomic E-state index is 10.9. The summed E-state index contributed by atoms with van der Waals surface area (Å²) in [4.78, 5) is 10.9. The van der Waals surface area contributed by atoms with Crippen molar-refractivity contribution in [3.63, 3.8) is 0 Å². The van der Waals surface area contributed by atoms with E-state index in [9.17, 15) is 9.90 Å². The molecule has 0 radical (unpaired) electrons. The summed E-state index contributed by atoms with van der Waals surface area (Å²) < 4.78 is 4.55. The first kappa shape index (κ1) is 12.0. The third-order valence-electron chi connectivity index (χ3n) is 1.69. The minimum Gasteiger partial charge on any atom is -0.447 e. The molecule has 3 N–H and O–H groups in total. The van der Waals surface area contributed by atoms with Crippen molar-refractivity contribution >= 4 is 17.4 Å². The molecule has 1 atom stereocenters. The van der Waals surface area contributed by atoms with Crippen LogP contribution in [0.3, 0.4) is 0 Å². The van der Waals surface area contributed by atoms with E-state index in [2.05, 4.69) is 10.1 Å². The summed E-state index contributed by atoms with van der Waals surface area (Å²) in [6.07, 6.45) is -1.36. The quantitative estimate of drug-likeness (QED) is 0.689. The number of ether oxygens (including phenoxy) is 1. The average molecular weight is 231 g/mol. The summed E-state index contributed by atoms with van der Waals surface area (Å²) in [7, 11) is 0. The Morgan fingerprint density at radius 2 is 2.47 bits per heavy atom. The highest BCUT2D eigenvalue weighted by Crippen LogP contribution is 2.14. The molecule has 1 unspecified atom stereocenters. The van der Waals surface area contributed by atoms with E-state index in [0.717, 1.165) is 5.56 Å². The van der Waals surface area contributed by atoms with Crippen LogP contribution in [-0.2, 0) is 4.74 Å². The van der Waals surface area contributed by atoms with Gasteiger partial charge < -0.3 is 20.3 Å². The highest BCUT2D eigenvalue weighted by molar-refractivity contribution is 7.07. The van der Waals surface area contributed by atoms with E-state index in [1.807, 2.05) is 10.8 Å². The van der Waals surface area contributed by atoms with Gasteiger partial charge >= 0.3 is 6.09 Å². The summed E-state index contributed by atoms with van der Waals surface area (Å²) in [6, 6.07) is 1.79. The van der Waals surface area contributed by atoms with E-state index in [4.69, 9.17) is 5.11 Å². The maximum Gasteiger partial charge on any atom is 0.407 e. The molecular formula is C9H13NO4S. The Bertz CT molecular complexity index is 288. The van der Waals surface area contributed by atoms with Gasteiger partial charge in [0.05, 0.1) is 19.3 Å². The number of aliphatic hydroxyl groups is 2. The lowest BCUT2D eigenvalue weighted by Gasteiger charge is -2.10. The normalized spacial score (nSPS) is 12.1. The number of hydrogen-bond donors (Lipinski definition) is 3. The van der Waals surface area contributed by atoms with Crippen LogP contribution in [0.4, 0.5) is 4.79 Å². The predicted octanol–water partition coefficient (Wildman–Crippen LogP) is 0.500. The summed E-state index contributed by atoms with van der Waals surface area (Å²) in [5.74, 6) is 0. The SMILES string of the molecule is O=C(NCC(O)c1ccsc1)OCCO. The van der Waals surface area contributed by atoms with Crippen molar-refractivity contribution in [2.75, 3.05) is 19.8 Å². The van der Waals surface area contributed by atoms with Crippen molar-refractivity contribution < 1.29 is 19.7 Å². The Labute approximate surface area is 91.3 Å². The van der Waals surface area contributed by atoms with Crippen molar-refractivity contribution in [3.8, 4) is 0 Å². The Morgan fingerprint density at radius 1 is 1.67 bits per heavy atom. The van der Waals surface area contributed by atoms with Crippen LogP contribution in [0.5, 0.6) is 0 Å². The van der Waals surface area contributed by atoms with Crippen molar-refractivity contribution in [1.29, 1.82) is 0 Å². The molecule has 1 aromatic rings. The zero-order chi connectivity index (χ0) is 11.1. The van der Waals surface area contributed by atoms with Gasteiger partial charge in [-0.15, -0.1) is 0 Å². The monoisotopic (exact) mass is 231 g/mol. The molecule has 0 aliphatic carbocycles. The highest BCUT2D eigenvalue weighted by Gasteiger charge is 2.09. The van der Waals surface area contributed by atoms with Gasteiger partial charge in [0, 0.05) is 0 Å². The molecule has 1 aromatic heterocycles. The fourth-order valence-electron chi connectivity index (χ4n) is 0.952. The smallest absolute Gasteiger partial charge is 0.407 e. The number of nitrogens with one attached hydrogen (secondary N) is 1. The fraction of sp³-hybridized carbons (Fsp3) is 0.444. The first-order valence-corrected chi connectivity index (χ1v) is 5.40. The molecule has 0 saturated heterocycles. The summed E-state index contributed by atoms with van der Waals surface area (Å²) in [6.45, 7) is -0.151. The zero-order valence-electron chi connectivity index (χ0n) is 8.05. The maximum atomic E-state index is 10.9.